The Balaban J connectivity index is 1.65. The van der Waals surface area contributed by atoms with Crippen LogP contribution >= 0.6 is 0 Å². The first kappa shape index (κ1) is 99.1. The van der Waals surface area contributed by atoms with Crippen molar-refractivity contribution in [2.75, 3.05) is 32.7 Å². The van der Waals surface area contributed by atoms with Crippen LogP contribution in [0, 0.1) is 41.4 Å². The Bertz CT molecular complexity index is 3670. The number of carbonyl (C=O) groups excluding carboxylic acids is 14. The van der Waals surface area contributed by atoms with Gasteiger partial charge < -0.3 is 101 Å². The first-order chi connectivity index (χ1) is 55.8. The smallest absolute Gasteiger partial charge is 0.316 e. The van der Waals surface area contributed by atoms with Crippen LogP contribution in [0.4, 0.5) is 4.79 Å². The molecule has 5 rings (SSSR count). The van der Waals surface area contributed by atoms with E-state index in [1.54, 1.807) is 65.8 Å². The molecule has 0 spiro atoms. The Kier molecular flexibility index (Phi) is 41.3. The van der Waals surface area contributed by atoms with Crippen molar-refractivity contribution in [3.8, 4) is 11.5 Å². The van der Waals surface area contributed by atoms with Crippen LogP contribution in [0.1, 0.15) is 217 Å². The zero-order chi connectivity index (χ0) is 87.8. The number of amides is 14. The fourth-order valence-electron chi connectivity index (χ4n) is 15.2. The van der Waals surface area contributed by atoms with E-state index in [2.05, 4.69) is 63.8 Å². The number of nitrogens with one attached hydrogen (secondary N) is 12. The predicted octanol–water partition coefficient (Wildman–Crippen LogP) is 2.87. The lowest BCUT2D eigenvalue weighted by Gasteiger charge is -2.32. The summed E-state index contributed by atoms with van der Waals surface area (Å²) in [5, 5.41) is 54.9. The van der Waals surface area contributed by atoms with Crippen molar-refractivity contribution >= 4 is 82.7 Å². The third-order valence-corrected chi connectivity index (χ3v) is 21.5. The maximum atomic E-state index is 15.3. The number of urea groups is 1. The highest BCUT2D eigenvalue weighted by atomic mass is 16.3. The van der Waals surface area contributed by atoms with E-state index in [1.807, 2.05) is 55.4 Å². The largest absolute Gasteiger partial charge is 0.508 e. The molecule has 3 aliphatic rings. The normalized spacial score (nSPS) is 25.8. The molecule has 2 aromatic carbocycles. The maximum absolute atomic E-state index is 15.3. The number of carbonyl (C=O) groups is 14. The molecule has 20 N–H and O–H groups in total. The molecule has 33 heteroatoms. The van der Waals surface area contributed by atoms with Crippen LogP contribution in [0.25, 0.3) is 0 Å². The average Bonchev–Trinajstić information content (AvgIpc) is 1.61. The Morgan fingerprint density at radius 1 is 0.339 bits per heavy atom. The SMILES string of the molecule is CC(C)C[C@@H]1NC(=O)N[C@@H](CC(C)C)C(=O)[C@H](CCCCN)NC(=O)[C@H](C(C)C)NC(=O)[C@@H]2CCCN2C(=O)[C@H](Cc2ccc(O)cc2)NC(=O)[C@H](CC(C)C)NC(=O)[C@H](CCCCN)NC(=O)[C@H](C(C)C)NC(=O)[C@H](CCCCN)NC(=O)[C@H](CC(C)C)NC(=O)[C@@H]2CCCN2C(=O)[C@@H](Cc2cccc(O)c2)NC(=O)[C@H](C(C)C)NC1=O. The van der Waals surface area contributed by atoms with Crippen molar-refractivity contribution in [1.29, 1.82) is 0 Å². The van der Waals surface area contributed by atoms with Crippen molar-refractivity contribution in [3.05, 3.63) is 59.7 Å². The van der Waals surface area contributed by atoms with Crippen molar-refractivity contribution in [2.24, 2.45) is 58.6 Å². The molecule has 3 aliphatic heterocycles. The van der Waals surface area contributed by atoms with Gasteiger partial charge in [0.2, 0.25) is 70.9 Å². The molecule has 3 saturated heterocycles. The summed E-state index contributed by atoms with van der Waals surface area (Å²) in [5.74, 6) is -12.7. The number of hydrogen-bond acceptors (Lipinski definition) is 19. The van der Waals surface area contributed by atoms with Crippen LogP contribution in [-0.2, 0) is 75.2 Å². The van der Waals surface area contributed by atoms with Crippen LogP contribution < -0.4 is 81.0 Å². The van der Waals surface area contributed by atoms with Crippen molar-refractivity contribution in [1.82, 2.24) is 73.6 Å². The first-order valence-electron chi connectivity index (χ1n) is 42.7. The van der Waals surface area contributed by atoms with Gasteiger partial charge in [0.15, 0.2) is 5.78 Å². The molecule has 33 nitrogen and oxygen atoms in total. The van der Waals surface area contributed by atoms with Crippen molar-refractivity contribution < 1.29 is 77.3 Å². The minimum absolute atomic E-state index is 0.0233. The molecular weight excluding hydrogens is 1520 g/mol. The van der Waals surface area contributed by atoms with Crippen LogP contribution in [0.15, 0.2) is 48.5 Å². The summed E-state index contributed by atoms with van der Waals surface area (Å²) in [7, 11) is 0. The number of ketones is 1. The van der Waals surface area contributed by atoms with Gasteiger partial charge in [0, 0.05) is 25.9 Å². The molecule has 0 aromatic heterocycles. The van der Waals surface area contributed by atoms with E-state index in [0.29, 0.717) is 62.5 Å². The summed E-state index contributed by atoms with van der Waals surface area (Å²) in [5.41, 5.74) is 18.7. The number of phenols is 2. The molecule has 0 aliphatic carbocycles. The van der Waals surface area contributed by atoms with Crippen LogP contribution in [0.5, 0.6) is 11.5 Å². The molecule has 660 valence electrons. The maximum Gasteiger partial charge on any atom is 0.316 e. The molecule has 0 radical (unpaired) electrons. The van der Waals surface area contributed by atoms with Gasteiger partial charge in [0.05, 0.1) is 12.1 Å². The number of rotatable bonds is 27. The highest BCUT2D eigenvalue weighted by molar-refractivity contribution is 6.01. The van der Waals surface area contributed by atoms with Crippen LogP contribution in [-0.4, -0.2) is 220 Å². The predicted molar refractivity (Wildman–Crippen MR) is 448 cm³/mol. The van der Waals surface area contributed by atoms with Gasteiger partial charge in [-0.3, -0.25) is 62.3 Å². The number of nitrogens with two attached hydrogens (primary N) is 3. The van der Waals surface area contributed by atoms with Gasteiger partial charge in [-0.25, -0.2) is 4.79 Å². The summed E-state index contributed by atoms with van der Waals surface area (Å²) in [6.07, 6.45) is 3.22. The second kappa shape index (κ2) is 49.2. The Morgan fingerprint density at radius 2 is 0.661 bits per heavy atom. The zero-order valence-electron chi connectivity index (χ0n) is 72.0. The fraction of sp³-hybridized carbons (Fsp3) is 0.694. The van der Waals surface area contributed by atoms with Crippen LogP contribution in [0.2, 0.25) is 0 Å². The standard InChI is InChI=1S/C85H139N17O16/c1-47(2)40-61-72(105)58(26-15-18-35-86)89-80(113)71(53(13)14)100-79(112)68-30-23-39-102(68)83(116)65(45-54-31-33-56(103)34-32-54)94-76(109)62(41-48(3)4)92-73(106)59(27-16-19-36-87)91-81(114)69(51(9)10)98-74(107)60(28-17-20-37-88)90-75(108)63(42-49(5)6)93-78(111)67-29-22-38-101(67)84(117)66(46-55-24-21-25-57(104)44-55)95-82(115)70(52(11)12)99-77(110)64(43-50(7)8)97-85(118)96-61/h21,24-25,31-34,44,47-53,58-71,103-104H,15-20,22-23,26-30,35-43,45-46,86-88H2,1-14H3,(H,89,113)(H,90,108)(H,91,114)(H,92,106)(H,93,111)(H,94,109)(H,95,115)(H,98,107)(H,99,110)(H,100,112)(H2,96,97,118)/t58-,59-,60-,61-,62-,63-,64-,65-,66+,67-,68-,69-,70-,71-/m0/s1. The Labute approximate surface area is 696 Å². The molecule has 0 bridgehead atoms. The minimum Gasteiger partial charge on any atom is -0.508 e. The van der Waals surface area contributed by atoms with Gasteiger partial charge in [-0.15, -0.1) is 0 Å². The highest BCUT2D eigenvalue weighted by Gasteiger charge is 2.45. The van der Waals surface area contributed by atoms with Gasteiger partial charge in [-0.2, -0.15) is 0 Å². The van der Waals surface area contributed by atoms with E-state index < -0.39 is 185 Å². The number of nitrogens with zero attached hydrogens (tertiary/aromatic N) is 2. The second-order valence-corrected chi connectivity index (χ2v) is 34.7. The topological polar surface area (TPSA) is 508 Å². The monoisotopic (exact) mass is 1650 g/mol. The van der Waals surface area contributed by atoms with Gasteiger partial charge in [-0.1, -0.05) is 121 Å². The molecule has 3 heterocycles. The molecular formula is C85H139N17O16. The lowest BCUT2D eigenvalue weighted by atomic mass is 9.92. The van der Waals surface area contributed by atoms with E-state index in [-0.39, 0.29) is 139 Å². The van der Waals surface area contributed by atoms with Gasteiger partial charge in [0.1, 0.15) is 84.0 Å². The number of aromatic hydroxyl groups is 2. The number of fused-ring (bicyclic) bond motifs is 2. The van der Waals surface area contributed by atoms with Crippen molar-refractivity contribution in [2.45, 2.75) is 304 Å². The molecule has 14 amide bonds. The lowest BCUT2D eigenvalue weighted by Crippen LogP contribution is -2.62. The Morgan fingerprint density at radius 3 is 1.08 bits per heavy atom. The van der Waals surface area contributed by atoms with Gasteiger partial charge in [0.25, 0.3) is 0 Å². The number of phenolic OH excluding ortho intramolecular Hbond substituents is 2. The van der Waals surface area contributed by atoms with E-state index in [4.69, 9.17) is 17.2 Å². The summed E-state index contributed by atoms with van der Waals surface area (Å²) in [4.78, 5) is 212. The van der Waals surface area contributed by atoms with Crippen molar-refractivity contribution in [3.63, 3.8) is 0 Å². The number of hydrogen-bond donors (Lipinski definition) is 17. The highest BCUT2D eigenvalue weighted by Crippen LogP contribution is 2.26. The second-order valence-electron chi connectivity index (χ2n) is 34.7. The number of benzene rings is 2. The van der Waals surface area contributed by atoms with Gasteiger partial charge in [-0.05, 0) is 206 Å². The lowest BCUT2D eigenvalue weighted by molar-refractivity contribution is -0.143. The molecule has 0 unspecified atom stereocenters. The van der Waals surface area contributed by atoms with E-state index in [1.165, 1.54) is 34.1 Å². The summed E-state index contributed by atoms with van der Waals surface area (Å²) in [6.45, 7) is 25.4. The third-order valence-electron chi connectivity index (χ3n) is 21.5. The molecule has 3 fully saturated rings. The summed E-state index contributed by atoms with van der Waals surface area (Å²) in [6, 6.07) is -7.24. The van der Waals surface area contributed by atoms with Gasteiger partial charge >= 0.3 is 6.03 Å². The summed E-state index contributed by atoms with van der Waals surface area (Å²) < 4.78 is 0. The molecule has 2 aromatic rings. The Hall–Kier alpha value is -9.50. The van der Waals surface area contributed by atoms with E-state index >= 15 is 19.2 Å². The average molecular weight is 1660 g/mol. The number of unbranched alkanes of at least 4 members (excludes halogenated alkanes) is 3. The first-order valence-corrected chi connectivity index (χ1v) is 42.7. The zero-order valence-corrected chi connectivity index (χ0v) is 72.0. The third kappa shape index (κ3) is 31.7. The molecule has 14 atom stereocenters. The minimum atomic E-state index is -1.42. The molecule has 118 heavy (non-hydrogen) atoms. The quantitative estimate of drug-likeness (QED) is 0.0572. The van der Waals surface area contributed by atoms with E-state index in [0.717, 1.165) is 0 Å². The fourth-order valence-corrected chi connectivity index (χ4v) is 15.2. The summed E-state index contributed by atoms with van der Waals surface area (Å²) >= 11 is 0. The van der Waals surface area contributed by atoms with E-state index in [9.17, 15) is 58.2 Å². The molecule has 0 saturated carbocycles. The van der Waals surface area contributed by atoms with Crippen LogP contribution in [0.3, 0.4) is 0 Å². The number of Topliss-reactive ketones (excluding diaryl/α,β-unsaturated/α-hetero) is 1.